The Morgan fingerprint density at radius 2 is 1.49 bits per heavy atom. The summed E-state index contributed by atoms with van der Waals surface area (Å²) < 4.78 is 15.5. The monoisotopic (exact) mass is 647 g/mol. The fraction of sp³-hybridized carbons (Fsp3) is 0.212. The van der Waals surface area contributed by atoms with E-state index in [-0.39, 0.29) is 27.3 Å². The Labute approximate surface area is 269 Å². The Bertz CT molecular complexity index is 1710. The maximum atomic E-state index is 13.5. The Kier molecular flexibility index (Phi) is 11.2. The lowest BCUT2D eigenvalue weighted by atomic mass is 10.1. The van der Waals surface area contributed by atoms with Gasteiger partial charge < -0.3 is 30.2 Å². The van der Waals surface area contributed by atoms with Crippen molar-refractivity contribution in [2.24, 2.45) is 0 Å². The molecule has 0 saturated carbocycles. The molecule has 3 aromatic carbocycles. The van der Waals surface area contributed by atoms with Crippen LogP contribution < -0.4 is 25.4 Å². The summed E-state index contributed by atoms with van der Waals surface area (Å²) in [5, 5.41) is 8.23. The molecule has 0 aliphatic rings. The van der Waals surface area contributed by atoms with Gasteiger partial charge in [-0.25, -0.2) is 4.79 Å². The number of amides is 3. The number of carbonyl (C=O) groups is 4. The molecule has 1 atom stereocenters. The first kappa shape index (κ1) is 33.1. The van der Waals surface area contributed by atoms with E-state index in [1.165, 1.54) is 33.1 Å². The molecule has 0 radical (unpaired) electrons. The molecule has 1 aromatic heterocycles. The van der Waals surface area contributed by atoms with Gasteiger partial charge in [-0.05, 0) is 67.4 Å². The van der Waals surface area contributed by atoms with E-state index in [9.17, 15) is 19.2 Å². The van der Waals surface area contributed by atoms with Gasteiger partial charge in [-0.15, -0.1) is 23.1 Å². The minimum atomic E-state index is -0.656. The van der Waals surface area contributed by atoms with E-state index in [0.717, 1.165) is 16.2 Å². The van der Waals surface area contributed by atoms with Crippen LogP contribution >= 0.6 is 23.1 Å². The normalized spacial score (nSPS) is 11.2. The van der Waals surface area contributed by atoms with Crippen LogP contribution in [-0.2, 0) is 9.53 Å². The summed E-state index contributed by atoms with van der Waals surface area (Å²) in [6.07, 6.45) is 0.470. The molecule has 4 rings (SSSR count). The van der Waals surface area contributed by atoms with E-state index >= 15 is 0 Å². The van der Waals surface area contributed by atoms with Crippen LogP contribution in [0.2, 0.25) is 0 Å². The predicted octanol–water partition coefficient (Wildman–Crippen LogP) is 6.87. The van der Waals surface area contributed by atoms with Crippen molar-refractivity contribution in [2.75, 3.05) is 37.3 Å². The quantitative estimate of drug-likeness (QED) is 0.112. The molecular formula is C33H33N3O7S2. The van der Waals surface area contributed by atoms with Crippen molar-refractivity contribution in [3.05, 3.63) is 94.4 Å². The molecule has 3 amide bonds. The largest absolute Gasteiger partial charge is 0.493 e. The molecule has 45 heavy (non-hydrogen) atoms. The molecule has 4 aromatic rings. The number of ether oxygens (including phenoxy) is 3. The van der Waals surface area contributed by atoms with Crippen LogP contribution in [0, 0.1) is 6.92 Å². The number of rotatable bonds is 12. The summed E-state index contributed by atoms with van der Waals surface area (Å²) in [5.41, 5.74) is 2.08. The van der Waals surface area contributed by atoms with Crippen molar-refractivity contribution in [1.29, 1.82) is 0 Å². The SMILES string of the molecule is CCC(Sc1cccc(NC(=O)c2ccc(OC)c(OC)c2)c1)C(=O)Nc1sc(C(=O)Nc2ccccc2)c(C)c1C(=O)OC. The number of methoxy groups -OCH3 is 3. The molecule has 0 aliphatic carbocycles. The molecule has 234 valence electrons. The fourth-order valence-corrected chi connectivity index (χ4v) is 6.49. The minimum Gasteiger partial charge on any atom is -0.493 e. The van der Waals surface area contributed by atoms with Gasteiger partial charge in [-0.2, -0.15) is 0 Å². The van der Waals surface area contributed by atoms with Crippen LogP contribution in [-0.4, -0.2) is 50.3 Å². The minimum absolute atomic E-state index is 0.133. The predicted molar refractivity (Wildman–Crippen MR) is 177 cm³/mol. The number of hydrogen-bond donors (Lipinski definition) is 3. The van der Waals surface area contributed by atoms with Crippen LogP contribution in [0.3, 0.4) is 0 Å². The maximum Gasteiger partial charge on any atom is 0.341 e. The highest BCUT2D eigenvalue weighted by Crippen LogP contribution is 2.36. The summed E-state index contributed by atoms with van der Waals surface area (Å²) in [5.74, 6) is -0.785. The van der Waals surface area contributed by atoms with E-state index in [0.29, 0.717) is 40.4 Å². The molecule has 0 spiro atoms. The Balaban J connectivity index is 1.49. The molecule has 1 heterocycles. The second-order valence-electron chi connectivity index (χ2n) is 9.63. The van der Waals surface area contributed by atoms with Gasteiger partial charge >= 0.3 is 5.97 Å². The third-order valence-corrected chi connectivity index (χ3v) is 9.25. The molecule has 10 nitrogen and oxygen atoms in total. The van der Waals surface area contributed by atoms with Gasteiger partial charge in [0.2, 0.25) is 5.91 Å². The summed E-state index contributed by atoms with van der Waals surface area (Å²) in [7, 11) is 4.27. The van der Waals surface area contributed by atoms with Gasteiger partial charge in [0.25, 0.3) is 11.8 Å². The Morgan fingerprint density at radius 3 is 2.16 bits per heavy atom. The van der Waals surface area contributed by atoms with Crippen LogP contribution in [0.5, 0.6) is 11.5 Å². The van der Waals surface area contributed by atoms with Crippen LogP contribution in [0.4, 0.5) is 16.4 Å². The fourth-order valence-electron chi connectivity index (χ4n) is 4.38. The van der Waals surface area contributed by atoms with Crippen molar-refractivity contribution in [3.63, 3.8) is 0 Å². The Hall–Kier alpha value is -4.81. The van der Waals surface area contributed by atoms with Crippen molar-refractivity contribution in [3.8, 4) is 11.5 Å². The average molecular weight is 648 g/mol. The lowest BCUT2D eigenvalue weighted by Crippen LogP contribution is -2.25. The van der Waals surface area contributed by atoms with Gasteiger partial charge in [-0.1, -0.05) is 31.2 Å². The molecule has 1 unspecified atom stereocenters. The van der Waals surface area contributed by atoms with Crippen molar-refractivity contribution in [2.45, 2.75) is 30.4 Å². The zero-order valence-electron chi connectivity index (χ0n) is 25.4. The molecule has 0 fully saturated rings. The van der Waals surface area contributed by atoms with E-state index < -0.39 is 17.1 Å². The molecule has 0 bridgehead atoms. The highest BCUT2D eigenvalue weighted by molar-refractivity contribution is 8.00. The van der Waals surface area contributed by atoms with Crippen LogP contribution in [0.15, 0.2) is 77.7 Å². The Morgan fingerprint density at radius 1 is 0.800 bits per heavy atom. The second kappa shape index (κ2) is 15.3. The van der Waals surface area contributed by atoms with Crippen molar-refractivity contribution < 1.29 is 33.4 Å². The van der Waals surface area contributed by atoms with Gasteiger partial charge in [0.05, 0.1) is 37.0 Å². The molecule has 3 N–H and O–H groups in total. The third kappa shape index (κ3) is 8.02. The zero-order valence-corrected chi connectivity index (χ0v) is 27.0. The molecule has 0 saturated heterocycles. The molecular weight excluding hydrogens is 615 g/mol. The summed E-state index contributed by atoms with van der Waals surface area (Å²) >= 11 is 2.33. The van der Waals surface area contributed by atoms with Gasteiger partial charge in [0.15, 0.2) is 11.5 Å². The lowest BCUT2D eigenvalue weighted by Gasteiger charge is -2.15. The summed E-state index contributed by atoms with van der Waals surface area (Å²) in [6, 6.07) is 21.0. The van der Waals surface area contributed by atoms with Crippen LogP contribution in [0.1, 0.15) is 49.3 Å². The van der Waals surface area contributed by atoms with Crippen molar-refractivity contribution in [1.82, 2.24) is 0 Å². The third-order valence-electron chi connectivity index (χ3n) is 6.69. The van der Waals surface area contributed by atoms with Crippen LogP contribution in [0.25, 0.3) is 0 Å². The first-order chi connectivity index (χ1) is 21.7. The number of anilines is 3. The van der Waals surface area contributed by atoms with E-state index in [4.69, 9.17) is 14.2 Å². The van der Waals surface area contributed by atoms with E-state index in [1.54, 1.807) is 67.6 Å². The number of thiophene rings is 1. The average Bonchev–Trinajstić information content (AvgIpc) is 3.38. The second-order valence-corrected chi connectivity index (χ2v) is 11.9. The number of esters is 1. The van der Waals surface area contributed by atoms with Gasteiger partial charge in [0, 0.05) is 21.8 Å². The smallest absolute Gasteiger partial charge is 0.341 e. The highest BCUT2D eigenvalue weighted by Gasteiger charge is 2.28. The first-order valence-electron chi connectivity index (χ1n) is 13.9. The standard InChI is InChI=1S/C33H33N3O7S2/c1-6-26(44-23-14-10-13-22(18-23)35-29(37)20-15-16-24(41-3)25(17-20)42-4)30(38)36-32-27(33(40)43-5)19(2)28(45-32)31(39)34-21-11-8-7-9-12-21/h7-18,26H,6H2,1-5H3,(H,34,39)(H,35,37)(H,36,38). The number of para-hydroxylation sites is 1. The summed E-state index contributed by atoms with van der Waals surface area (Å²) in [4.78, 5) is 53.2. The van der Waals surface area contributed by atoms with Gasteiger partial charge in [-0.3, -0.25) is 14.4 Å². The lowest BCUT2D eigenvalue weighted by molar-refractivity contribution is -0.115. The topological polar surface area (TPSA) is 132 Å². The number of nitrogens with one attached hydrogen (secondary N) is 3. The van der Waals surface area contributed by atoms with Gasteiger partial charge in [0.1, 0.15) is 5.00 Å². The number of thioether (sulfide) groups is 1. The number of hydrogen-bond acceptors (Lipinski definition) is 9. The number of carbonyl (C=O) groups excluding carboxylic acids is 4. The first-order valence-corrected chi connectivity index (χ1v) is 15.6. The molecule has 0 aliphatic heterocycles. The van der Waals surface area contributed by atoms with E-state index in [1.807, 2.05) is 19.1 Å². The maximum absolute atomic E-state index is 13.5. The summed E-state index contributed by atoms with van der Waals surface area (Å²) in [6.45, 7) is 3.52. The molecule has 12 heteroatoms. The highest BCUT2D eigenvalue weighted by atomic mass is 32.2. The van der Waals surface area contributed by atoms with Crippen molar-refractivity contribution >= 4 is 63.2 Å². The number of benzene rings is 3. The zero-order chi connectivity index (χ0) is 32.5. The van der Waals surface area contributed by atoms with E-state index in [2.05, 4.69) is 16.0 Å².